The van der Waals surface area contributed by atoms with Crippen LogP contribution < -0.4 is 10.1 Å². The topological polar surface area (TPSA) is 44.8 Å². The van der Waals surface area contributed by atoms with Crippen LogP contribution in [0.5, 0.6) is 5.75 Å². The van der Waals surface area contributed by atoms with E-state index in [-0.39, 0.29) is 5.91 Å². The number of benzene rings is 1. The van der Waals surface area contributed by atoms with Crippen molar-refractivity contribution in [2.24, 2.45) is 0 Å². The second-order valence-electron chi connectivity index (χ2n) is 6.80. The van der Waals surface area contributed by atoms with Crippen LogP contribution in [0.15, 0.2) is 18.2 Å². The number of aryl methyl sites for hydroxylation is 2. The smallest absolute Gasteiger partial charge is 0.260 e. The number of nitrogens with one attached hydrogen (secondary N) is 1. The molecule has 24 heavy (non-hydrogen) atoms. The fourth-order valence-corrected chi connectivity index (χ4v) is 2.77. The Bertz CT molecular complexity index is 539. The highest BCUT2D eigenvalue weighted by Gasteiger charge is 2.16. The van der Waals surface area contributed by atoms with Gasteiger partial charge in [0.05, 0.1) is 0 Å². The monoisotopic (exact) mass is 333 g/mol. The van der Waals surface area contributed by atoms with E-state index in [0.29, 0.717) is 6.54 Å². The predicted octanol–water partition coefficient (Wildman–Crippen LogP) is 1.82. The van der Waals surface area contributed by atoms with E-state index in [2.05, 4.69) is 29.1 Å². The van der Waals surface area contributed by atoms with E-state index < -0.39 is 6.10 Å². The summed E-state index contributed by atoms with van der Waals surface area (Å²) in [6, 6.07) is 5.91. The molecule has 1 amide bonds. The molecule has 2 rings (SSSR count). The molecular formula is C19H31N3O2. The molecule has 5 heteroatoms. The van der Waals surface area contributed by atoms with E-state index in [1.165, 1.54) is 11.1 Å². The molecule has 1 fully saturated rings. The predicted molar refractivity (Wildman–Crippen MR) is 97.6 cm³/mol. The lowest BCUT2D eigenvalue weighted by atomic mass is 10.1. The SMILES string of the molecule is Cc1ccc(O[C@H](C)C(=O)NCCCN2CCN(C)CC2)cc1C. The quantitative estimate of drug-likeness (QED) is 0.773. The lowest BCUT2D eigenvalue weighted by molar-refractivity contribution is -0.127. The molecule has 0 unspecified atom stereocenters. The van der Waals surface area contributed by atoms with Crippen molar-refractivity contribution in [2.75, 3.05) is 46.3 Å². The standard InChI is InChI=1S/C19H31N3O2/c1-15-6-7-18(14-16(15)2)24-17(3)19(23)20-8-5-9-22-12-10-21(4)11-13-22/h6-7,14,17H,5,8-13H2,1-4H3,(H,20,23)/t17-/m1/s1. The van der Waals surface area contributed by atoms with Crippen molar-refractivity contribution in [3.63, 3.8) is 0 Å². The minimum Gasteiger partial charge on any atom is -0.481 e. The van der Waals surface area contributed by atoms with E-state index in [9.17, 15) is 4.79 Å². The van der Waals surface area contributed by atoms with Crippen molar-refractivity contribution in [3.8, 4) is 5.75 Å². The number of likely N-dealkylation sites (N-methyl/N-ethyl adjacent to an activating group) is 1. The number of carbonyl (C=O) groups excluding carboxylic acids is 1. The third kappa shape index (κ3) is 5.80. The summed E-state index contributed by atoms with van der Waals surface area (Å²) in [6.45, 7) is 12.2. The number of rotatable bonds is 7. The summed E-state index contributed by atoms with van der Waals surface area (Å²) in [4.78, 5) is 16.9. The summed E-state index contributed by atoms with van der Waals surface area (Å²) in [6.07, 6.45) is 0.502. The van der Waals surface area contributed by atoms with E-state index in [4.69, 9.17) is 4.74 Å². The van der Waals surface area contributed by atoms with Gasteiger partial charge in [0.15, 0.2) is 6.10 Å². The Morgan fingerprint density at radius 3 is 2.58 bits per heavy atom. The molecule has 0 aliphatic carbocycles. The largest absolute Gasteiger partial charge is 0.481 e. The molecule has 1 aromatic rings. The molecule has 1 aliphatic rings. The highest BCUT2D eigenvalue weighted by molar-refractivity contribution is 5.80. The van der Waals surface area contributed by atoms with Crippen LogP contribution in [0, 0.1) is 13.8 Å². The Morgan fingerprint density at radius 1 is 1.21 bits per heavy atom. The fourth-order valence-electron chi connectivity index (χ4n) is 2.77. The third-order valence-electron chi connectivity index (χ3n) is 4.71. The average Bonchev–Trinajstić information content (AvgIpc) is 2.56. The van der Waals surface area contributed by atoms with Crippen molar-refractivity contribution in [1.29, 1.82) is 0 Å². The maximum absolute atomic E-state index is 12.1. The van der Waals surface area contributed by atoms with Gasteiger partial charge in [-0.25, -0.2) is 0 Å². The molecule has 0 radical (unpaired) electrons. The maximum atomic E-state index is 12.1. The van der Waals surface area contributed by atoms with Gasteiger partial charge in [-0.15, -0.1) is 0 Å². The Kier molecular flexibility index (Phi) is 7.06. The van der Waals surface area contributed by atoms with Gasteiger partial charge in [-0.2, -0.15) is 0 Å². The normalized spacial score (nSPS) is 17.5. The minimum atomic E-state index is -0.476. The van der Waals surface area contributed by atoms with E-state index in [1.54, 1.807) is 6.92 Å². The van der Waals surface area contributed by atoms with Crippen LogP contribution in [0.1, 0.15) is 24.5 Å². The first-order chi connectivity index (χ1) is 11.5. The lowest BCUT2D eigenvalue weighted by Gasteiger charge is -2.32. The van der Waals surface area contributed by atoms with Crippen molar-refractivity contribution in [1.82, 2.24) is 15.1 Å². The highest BCUT2D eigenvalue weighted by Crippen LogP contribution is 2.17. The van der Waals surface area contributed by atoms with Crippen LogP contribution in [0.3, 0.4) is 0 Å². The Hall–Kier alpha value is -1.59. The summed E-state index contributed by atoms with van der Waals surface area (Å²) in [5, 5.41) is 2.98. The van der Waals surface area contributed by atoms with Crippen molar-refractivity contribution in [3.05, 3.63) is 29.3 Å². The van der Waals surface area contributed by atoms with Crippen molar-refractivity contribution < 1.29 is 9.53 Å². The number of nitrogens with zero attached hydrogens (tertiary/aromatic N) is 2. The van der Waals surface area contributed by atoms with Gasteiger partial charge in [0.1, 0.15) is 5.75 Å². The van der Waals surface area contributed by atoms with Gasteiger partial charge in [-0.3, -0.25) is 4.79 Å². The molecule has 134 valence electrons. The van der Waals surface area contributed by atoms with E-state index in [1.807, 2.05) is 25.1 Å². The molecule has 5 nitrogen and oxygen atoms in total. The van der Waals surface area contributed by atoms with Gasteiger partial charge in [0.25, 0.3) is 5.91 Å². The number of ether oxygens (including phenoxy) is 1. The Morgan fingerprint density at radius 2 is 1.92 bits per heavy atom. The van der Waals surface area contributed by atoms with E-state index >= 15 is 0 Å². The number of amides is 1. The molecule has 1 N–H and O–H groups in total. The van der Waals surface area contributed by atoms with Gasteiger partial charge in [0, 0.05) is 32.7 Å². The summed E-state index contributed by atoms with van der Waals surface area (Å²) in [5.41, 5.74) is 2.40. The molecule has 0 bridgehead atoms. The molecule has 0 saturated carbocycles. The van der Waals surface area contributed by atoms with Gasteiger partial charge >= 0.3 is 0 Å². The van der Waals surface area contributed by atoms with Crippen LogP contribution in [0.2, 0.25) is 0 Å². The van der Waals surface area contributed by atoms with Gasteiger partial charge < -0.3 is 19.9 Å². The molecule has 1 aliphatic heterocycles. The van der Waals surface area contributed by atoms with Crippen LogP contribution >= 0.6 is 0 Å². The van der Waals surface area contributed by atoms with Crippen LogP contribution in [-0.2, 0) is 4.79 Å². The number of piperazine rings is 1. The summed E-state index contributed by atoms with van der Waals surface area (Å²) < 4.78 is 5.74. The molecule has 1 aromatic carbocycles. The number of hydrogen-bond donors (Lipinski definition) is 1. The Labute approximate surface area is 146 Å². The van der Waals surface area contributed by atoms with Crippen LogP contribution in [-0.4, -0.2) is 68.1 Å². The van der Waals surface area contributed by atoms with Crippen molar-refractivity contribution >= 4 is 5.91 Å². The number of hydrogen-bond acceptors (Lipinski definition) is 4. The summed E-state index contributed by atoms with van der Waals surface area (Å²) in [7, 11) is 2.16. The molecule has 1 heterocycles. The average molecular weight is 333 g/mol. The lowest BCUT2D eigenvalue weighted by Crippen LogP contribution is -2.45. The van der Waals surface area contributed by atoms with Gasteiger partial charge in [0.2, 0.25) is 0 Å². The van der Waals surface area contributed by atoms with E-state index in [0.717, 1.165) is 44.9 Å². The van der Waals surface area contributed by atoms with Crippen LogP contribution in [0.4, 0.5) is 0 Å². The fraction of sp³-hybridized carbons (Fsp3) is 0.632. The zero-order valence-electron chi connectivity index (χ0n) is 15.5. The number of carbonyl (C=O) groups is 1. The second kappa shape index (κ2) is 9.04. The first-order valence-electron chi connectivity index (χ1n) is 8.88. The van der Waals surface area contributed by atoms with Crippen molar-refractivity contribution in [2.45, 2.75) is 33.3 Å². The molecule has 0 aromatic heterocycles. The van der Waals surface area contributed by atoms with Gasteiger partial charge in [-0.05, 0) is 64.0 Å². The first-order valence-corrected chi connectivity index (χ1v) is 8.88. The zero-order chi connectivity index (χ0) is 17.5. The first kappa shape index (κ1) is 18.7. The zero-order valence-corrected chi connectivity index (χ0v) is 15.5. The van der Waals surface area contributed by atoms with Crippen LogP contribution in [0.25, 0.3) is 0 Å². The molecule has 0 spiro atoms. The minimum absolute atomic E-state index is 0.0494. The maximum Gasteiger partial charge on any atom is 0.260 e. The van der Waals surface area contributed by atoms with Gasteiger partial charge in [-0.1, -0.05) is 6.07 Å². The second-order valence-corrected chi connectivity index (χ2v) is 6.80. The third-order valence-corrected chi connectivity index (χ3v) is 4.71. The summed E-state index contributed by atoms with van der Waals surface area (Å²) >= 11 is 0. The summed E-state index contributed by atoms with van der Waals surface area (Å²) in [5.74, 6) is 0.699. The molecular weight excluding hydrogens is 302 g/mol. The highest BCUT2D eigenvalue weighted by atomic mass is 16.5. The Balaban J connectivity index is 1.65. The molecule has 1 saturated heterocycles. The molecule has 1 atom stereocenters.